The van der Waals surface area contributed by atoms with Crippen molar-refractivity contribution in [2.75, 3.05) is 0 Å². The van der Waals surface area contributed by atoms with E-state index in [1.54, 1.807) is 0 Å². The van der Waals surface area contributed by atoms with Crippen LogP contribution in [-0.4, -0.2) is 0 Å². The molecule has 0 heterocycles. The van der Waals surface area contributed by atoms with Gasteiger partial charge in [-0.3, -0.25) is 0 Å². The SMILES string of the molecule is [CH2]C(C=C)c1cccc(C(C)C)c1Br. The summed E-state index contributed by atoms with van der Waals surface area (Å²) in [6.45, 7) is 12.2. The Bertz CT molecular complexity index is 326. The number of allylic oxidation sites excluding steroid dienone is 1. The molecule has 75 valence electrons. The van der Waals surface area contributed by atoms with E-state index in [4.69, 9.17) is 0 Å². The van der Waals surface area contributed by atoms with Gasteiger partial charge < -0.3 is 0 Å². The van der Waals surface area contributed by atoms with Crippen molar-refractivity contribution in [3.05, 3.63) is 53.4 Å². The zero-order chi connectivity index (χ0) is 10.7. The van der Waals surface area contributed by atoms with Crippen molar-refractivity contribution in [3.63, 3.8) is 0 Å². The fourth-order valence-electron chi connectivity index (χ4n) is 1.43. The third kappa shape index (κ3) is 2.27. The molecule has 1 rings (SSSR count). The number of halogens is 1. The fraction of sp³-hybridized carbons (Fsp3) is 0.308. The van der Waals surface area contributed by atoms with E-state index in [1.807, 2.05) is 6.08 Å². The first-order valence-corrected chi connectivity index (χ1v) is 5.61. The summed E-state index contributed by atoms with van der Waals surface area (Å²) in [4.78, 5) is 0. The Morgan fingerprint density at radius 2 is 1.86 bits per heavy atom. The van der Waals surface area contributed by atoms with Gasteiger partial charge in [-0.1, -0.05) is 54.1 Å². The van der Waals surface area contributed by atoms with Crippen molar-refractivity contribution in [2.45, 2.75) is 25.7 Å². The molecule has 14 heavy (non-hydrogen) atoms. The Hall–Kier alpha value is -0.560. The summed E-state index contributed by atoms with van der Waals surface area (Å²) in [5, 5.41) is 0. The lowest BCUT2D eigenvalue weighted by molar-refractivity contribution is 0.853. The van der Waals surface area contributed by atoms with Crippen molar-refractivity contribution >= 4 is 15.9 Å². The second-order valence-corrected chi connectivity index (χ2v) is 4.54. The number of rotatable bonds is 3. The Morgan fingerprint density at radius 1 is 1.29 bits per heavy atom. The van der Waals surface area contributed by atoms with Crippen LogP contribution in [0.15, 0.2) is 35.3 Å². The first kappa shape index (κ1) is 11.5. The summed E-state index contributed by atoms with van der Waals surface area (Å²) >= 11 is 3.64. The molecule has 0 aromatic heterocycles. The fourth-order valence-corrected chi connectivity index (χ4v) is 2.44. The predicted molar refractivity (Wildman–Crippen MR) is 66.5 cm³/mol. The van der Waals surface area contributed by atoms with Crippen LogP contribution < -0.4 is 0 Å². The van der Waals surface area contributed by atoms with E-state index >= 15 is 0 Å². The summed E-state index contributed by atoms with van der Waals surface area (Å²) in [5.74, 6) is 0.685. The average Bonchev–Trinajstić information content (AvgIpc) is 2.16. The van der Waals surface area contributed by atoms with E-state index in [0.717, 1.165) is 0 Å². The molecule has 1 aromatic rings. The third-order valence-electron chi connectivity index (χ3n) is 2.36. The normalized spacial score (nSPS) is 12.9. The molecule has 0 N–H and O–H groups in total. The molecule has 0 fully saturated rings. The van der Waals surface area contributed by atoms with Crippen LogP contribution in [0.5, 0.6) is 0 Å². The van der Waals surface area contributed by atoms with Crippen molar-refractivity contribution in [1.29, 1.82) is 0 Å². The van der Waals surface area contributed by atoms with E-state index in [1.165, 1.54) is 15.6 Å². The van der Waals surface area contributed by atoms with Crippen molar-refractivity contribution in [1.82, 2.24) is 0 Å². The Morgan fingerprint density at radius 3 is 2.36 bits per heavy atom. The molecule has 0 bridgehead atoms. The van der Waals surface area contributed by atoms with E-state index in [9.17, 15) is 0 Å². The van der Waals surface area contributed by atoms with Gasteiger partial charge in [0.25, 0.3) is 0 Å². The lowest BCUT2D eigenvalue weighted by Crippen LogP contribution is -1.96. The van der Waals surface area contributed by atoms with Gasteiger partial charge >= 0.3 is 0 Å². The van der Waals surface area contributed by atoms with E-state index < -0.39 is 0 Å². The molecule has 0 saturated carbocycles. The maximum absolute atomic E-state index is 4.04. The van der Waals surface area contributed by atoms with Gasteiger partial charge in [-0.25, -0.2) is 0 Å². The summed E-state index contributed by atoms with van der Waals surface area (Å²) in [5.41, 5.74) is 2.55. The highest BCUT2D eigenvalue weighted by atomic mass is 79.9. The first-order chi connectivity index (χ1) is 6.57. The molecule has 0 amide bonds. The maximum Gasteiger partial charge on any atom is 0.0247 e. The van der Waals surface area contributed by atoms with Gasteiger partial charge in [0.05, 0.1) is 0 Å². The lowest BCUT2D eigenvalue weighted by atomic mass is 9.95. The number of hydrogen-bond acceptors (Lipinski definition) is 0. The monoisotopic (exact) mass is 251 g/mol. The van der Waals surface area contributed by atoms with Crippen LogP contribution in [0, 0.1) is 6.92 Å². The smallest absolute Gasteiger partial charge is 0.0247 e. The van der Waals surface area contributed by atoms with Crippen molar-refractivity contribution in [2.24, 2.45) is 0 Å². The molecular formula is C13H16Br. The summed E-state index contributed by atoms with van der Waals surface area (Å²) in [7, 11) is 0. The van der Waals surface area contributed by atoms with Gasteiger partial charge in [0.1, 0.15) is 0 Å². The van der Waals surface area contributed by atoms with Crippen LogP contribution >= 0.6 is 15.9 Å². The van der Waals surface area contributed by atoms with Crippen LogP contribution in [0.2, 0.25) is 0 Å². The largest absolute Gasteiger partial charge is 0.102 e. The molecule has 0 aliphatic rings. The molecule has 1 radical (unpaired) electrons. The van der Waals surface area contributed by atoms with Gasteiger partial charge in [0.2, 0.25) is 0 Å². The molecule has 1 atom stereocenters. The minimum Gasteiger partial charge on any atom is -0.102 e. The van der Waals surface area contributed by atoms with Gasteiger partial charge in [-0.15, -0.1) is 6.58 Å². The van der Waals surface area contributed by atoms with Crippen LogP contribution in [0.25, 0.3) is 0 Å². The topological polar surface area (TPSA) is 0 Å². The molecule has 0 spiro atoms. The average molecular weight is 252 g/mol. The minimum absolute atomic E-state index is 0.156. The summed E-state index contributed by atoms with van der Waals surface area (Å²) in [6.07, 6.45) is 1.87. The van der Waals surface area contributed by atoms with Gasteiger partial charge in [-0.05, 0) is 24.0 Å². The minimum atomic E-state index is 0.156. The zero-order valence-electron chi connectivity index (χ0n) is 8.76. The summed E-state index contributed by atoms with van der Waals surface area (Å²) in [6, 6.07) is 6.32. The second-order valence-electron chi connectivity index (χ2n) is 3.75. The van der Waals surface area contributed by atoms with Gasteiger partial charge in [0, 0.05) is 10.4 Å². The highest BCUT2D eigenvalue weighted by Crippen LogP contribution is 2.32. The third-order valence-corrected chi connectivity index (χ3v) is 3.28. The van der Waals surface area contributed by atoms with E-state index in [0.29, 0.717) is 5.92 Å². The zero-order valence-corrected chi connectivity index (χ0v) is 10.3. The van der Waals surface area contributed by atoms with E-state index in [2.05, 4.69) is 61.5 Å². The van der Waals surface area contributed by atoms with Crippen molar-refractivity contribution < 1.29 is 0 Å². The Balaban J connectivity index is 3.20. The summed E-state index contributed by atoms with van der Waals surface area (Å²) < 4.78 is 1.18. The molecular weight excluding hydrogens is 236 g/mol. The van der Waals surface area contributed by atoms with Crippen LogP contribution in [0.3, 0.4) is 0 Å². The molecule has 0 aliphatic carbocycles. The van der Waals surface area contributed by atoms with Crippen LogP contribution in [0.4, 0.5) is 0 Å². The quantitative estimate of drug-likeness (QED) is 0.685. The maximum atomic E-state index is 4.04. The number of hydrogen-bond donors (Lipinski definition) is 0. The highest BCUT2D eigenvalue weighted by Gasteiger charge is 2.11. The molecule has 1 aromatic carbocycles. The molecule has 1 unspecified atom stereocenters. The van der Waals surface area contributed by atoms with Crippen molar-refractivity contribution in [3.8, 4) is 0 Å². The molecule has 0 saturated heterocycles. The van der Waals surface area contributed by atoms with Crippen LogP contribution in [0.1, 0.15) is 36.8 Å². The van der Waals surface area contributed by atoms with E-state index in [-0.39, 0.29) is 5.92 Å². The molecule has 0 aliphatic heterocycles. The lowest BCUT2D eigenvalue weighted by Gasteiger charge is -2.15. The predicted octanol–water partition coefficient (Wildman–Crippen LogP) is 4.68. The second kappa shape index (κ2) is 4.79. The van der Waals surface area contributed by atoms with Gasteiger partial charge in [0.15, 0.2) is 0 Å². The molecule has 0 nitrogen and oxygen atoms in total. The molecule has 1 heteroatoms. The first-order valence-electron chi connectivity index (χ1n) is 4.81. The Labute approximate surface area is 95.2 Å². The van der Waals surface area contributed by atoms with Crippen LogP contribution in [-0.2, 0) is 0 Å². The standard InChI is InChI=1S/C13H16Br/c1-5-10(4)12-8-6-7-11(9(2)3)13(12)14/h5-10H,1,4H2,2-3H3. The highest BCUT2D eigenvalue weighted by molar-refractivity contribution is 9.10. The number of benzene rings is 1. The van der Waals surface area contributed by atoms with Gasteiger partial charge in [-0.2, -0.15) is 0 Å². The Kier molecular flexibility index (Phi) is 3.94.